The first-order valence-electron chi connectivity index (χ1n) is 5.57. The summed E-state index contributed by atoms with van der Waals surface area (Å²) in [6, 6.07) is 5.72. The number of hydrogen-bond acceptors (Lipinski definition) is 3. The van der Waals surface area contributed by atoms with Gasteiger partial charge in [0.15, 0.2) is 0 Å². The second kappa shape index (κ2) is 4.31. The van der Waals surface area contributed by atoms with Crippen molar-refractivity contribution in [3.05, 3.63) is 29.3 Å². The lowest BCUT2D eigenvalue weighted by Gasteiger charge is -2.33. The van der Waals surface area contributed by atoms with Gasteiger partial charge in [0.1, 0.15) is 5.75 Å². The van der Waals surface area contributed by atoms with Crippen molar-refractivity contribution in [2.45, 2.75) is 19.4 Å². The largest absolute Gasteiger partial charge is 0.497 e. The first-order chi connectivity index (χ1) is 7.93. The van der Waals surface area contributed by atoms with Crippen molar-refractivity contribution in [3.63, 3.8) is 0 Å². The summed E-state index contributed by atoms with van der Waals surface area (Å²) in [5, 5.41) is 0. The van der Waals surface area contributed by atoms with E-state index in [1.54, 1.807) is 11.4 Å². The van der Waals surface area contributed by atoms with Gasteiger partial charge < -0.3 is 4.74 Å². The van der Waals surface area contributed by atoms with Crippen LogP contribution in [0.5, 0.6) is 5.75 Å². The molecule has 0 fully saturated rings. The molecule has 0 radical (unpaired) electrons. The molecule has 0 unspecified atom stereocenters. The maximum absolute atomic E-state index is 11.6. The van der Waals surface area contributed by atoms with Crippen LogP contribution in [0, 0.1) is 0 Å². The summed E-state index contributed by atoms with van der Waals surface area (Å²) in [5.41, 5.74) is 2.25. The number of fused-ring (bicyclic) bond motifs is 1. The molecule has 2 rings (SSSR count). The van der Waals surface area contributed by atoms with Gasteiger partial charge in [0.2, 0.25) is 10.0 Å². The molecule has 0 spiro atoms. The summed E-state index contributed by atoms with van der Waals surface area (Å²) in [5.74, 6) is 0.823. The van der Waals surface area contributed by atoms with Gasteiger partial charge in [0.05, 0.1) is 13.4 Å². The van der Waals surface area contributed by atoms with E-state index in [4.69, 9.17) is 4.74 Å². The molecule has 0 amide bonds. The Kier molecular flexibility index (Phi) is 3.14. The van der Waals surface area contributed by atoms with E-state index >= 15 is 0 Å². The fourth-order valence-corrected chi connectivity index (χ4v) is 3.48. The summed E-state index contributed by atoms with van der Waals surface area (Å²) in [6.45, 7) is 2.46. The molecule has 1 aromatic rings. The molecule has 0 aromatic heterocycles. The topological polar surface area (TPSA) is 46.6 Å². The Morgan fingerprint density at radius 2 is 2.12 bits per heavy atom. The van der Waals surface area contributed by atoms with Crippen LogP contribution in [-0.4, -0.2) is 32.6 Å². The Morgan fingerprint density at radius 1 is 1.41 bits per heavy atom. The van der Waals surface area contributed by atoms with Crippen molar-refractivity contribution in [2.24, 2.45) is 0 Å². The highest BCUT2D eigenvalue weighted by molar-refractivity contribution is 7.88. The van der Waals surface area contributed by atoms with Crippen LogP contribution in [0.2, 0.25) is 0 Å². The number of rotatable bonds is 2. The van der Waals surface area contributed by atoms with Gasteiger partial charge in [-0.15, -0.1) is 0 Å². The van der Waals surface area contributed by atoms with E-state index in [-0.39, 0.29) is 6.04 Å². The van der Waals surface area contributed by atoms with E-state index in [0.717, 1.165) is 17.7 Å². The molecule has 1 aliphatic rings. The third-order valence-corrected chi connectivity index (χ3v) is 4.61. The molecule has 1 aromatic carbocycles. The van der Waals surface area contributed by atoms with E-state index in [2.05, 4.69) is 0 Å². The Balaban J connectivity index is 2.40. The summed E-state index contributed by atoms with van der Waals surface area (Å²) in [6.07, 6.45) is 2.00. The zero-order valence-electron chi connectivity index (χ0n) is 10.3. The van der Waals surface area contributed by atoms with E-state index in [0.29, 0.717) is 6.54 Å². The van der Waals surface area contributed by atoms with E-state index in [9.17, 15) is 8.42 Å². The number of methoxy groups -OCH3 is 1. The predicted molar refractivity (Wildman–Crippen MR) is 66.7 cm³/mol. The summed E-state index contributed by atoms with van der Waals surface area (Å²) in [4.78, 5) is 0. The smallest absolute Gasteiger partial charge is 0.211 e. The predicted octanol–water partition coefficient (Wildman–Crippen LogP) is 1.57. The van der Waals surface area contributed by atoms with Gasteiger partial charge in [0.25, 0.3) is 0 Å². The van der Waals surface area contributed by atoms with Gasteiger partial charge in [-0.2, -0.15) is 4.31 Å². The van der Waals surface area contributed by atoms with E-state index < -0.39 is 10.0 Å². The molecule has 0 bridgehead atoms. The van der Waals surface area contributed by atoms with Gasteiger partial charge in [-0.1, -0.05) is 6.07 Å². The lowest BCUT2D eigenvalue weighted by molar-refractivity contribution is 0.327. The maximum atomic E-state index is 11.6. The van der Waals surface area contributed by atoms with Crippen LogP contribution >= 0.6 is 0 Å². The lowest BCUT2D eigenvalue weighted by atomic mass is 9.95. The average Bonchev–Trinajstić information content (AvgIpc) is 2.27. The van der Waals surface area contributed by atoms with Gasteiger partial charge in [-0.3, -0.25) is 0 Å². The van der Waals surface area contributed by atoms with Crippen LogP contribution in [0.1, 0.15) is 24.1 Å². The first-order valence-corrected chi connectivity index (χ1v) is 7.42. The normalized spacial score (nSPS) is 21.0. The van der Waals surface area contributed by atoms with Crippen molar-refractivity contribution in [1.82, 2.24) is 4.31 Å². The molecule has 0 saturated heterocycles. The van der Waals surface area contributed by atoms with Crippen LogP contribution in [0.4, 0.5) is 0 Å². The van der Waals surface area contributed by atoms with Gasteiger partial charge in [-0.25, -0.2) is 8.42 Å². The molecule has 5 heteroatoms. The van der Waals surface area contributed by atoms with Gasteiger partial charge >= 0.3 is 0 Å². The van der Waals surface area contributed by atoms with Crippen LogP contribution in [-0.2, 0) is 16.4 Å². The fraction of sp³-hybridized carbons (Fsp3) is 0.500. The molecule has 0 saturated carbocycles. The van der Waals surface area contributed by atoms with Crippen molar-refractivity contribution in [3.8, 4) is 5.75 Å². The molecule has 17 heavy (non-hydrogen) atoms. The third-order valence-electron chi connectivity index (χ3n) is 3.26. The molecule has 1 aliphatic heterocycles. The summed E-state index contributed by atoms with van der Waals surface area (Å²) >= 11 is 0. The Hall–Kier alpha value is -1.07. The Bertz CT molecular complexity index is 525. The third kappa shape index (κ3) is 2.30. The van der Waals surface area contributed by atoms with Crippen molar-refractivity contribution >= 4 is 10.0 Å². The minimum atomic E-state index is -3.13. The van der Waals surface area contributed by atoms with E-state index in [1.165, 1.54) is 11.8 Å². The Morgan fingerprint density at radius 3 is 2.71 bits per heavy atom. The van der Waals surface area contributed by atoms with E-state index in [1.807, 2.05) is 25.1 Å². The van der Waals surface area contributed by atoms with Crippen LogP contribution in [0.3, 0.4) is 0 Å². The maximum Gasteiger partial charge on any atom is 0.211 e. The average molecular weight is 255 g/mol. The molecule has 0 aliphatic carbocycles. The highest BCUT2D eigenvalue weighted by Crippen LogP contribution is 2.32. The molecule has 4 nitrogen and oxygen atoms in total. The SMILES string of the molecule is COc1ccc2c(c1)CCN(S(C)(=O)=O)[C@H]2C. The highest BCUT2D eigenvalue weighted by atomic mass is 32.2. The van der Waals surface area contributed by atoms with Crippen molar-refractivity contribution < 1.29 is 13.2 Å². The van der Waals surface area contributed by atoms with Crippen LogP contribution in [0.25, 0.3) is 0 Å². The second-order valence-corrected chi connectivity index (χ2v) is 6.30. The number of sulfonamides is 1. The summed E-state index contributed by atoms with van der Waals surface area (Å²) in [7, 11) is -1.50. The molecule has 94 valence electrons. The fourth-order valence-electron chi connectivity index (χ4n) is 2.37. The summed E-state index contributed by atoms with van der Waals surface area (Å²) < 4.78 is 30.0. The van der Waals surface area contributed by atoms with Crippen molar-refractivity contribution in [1.29, 1.82) is 0 Å². The Labute approximate surface area is 102 Å². The van der Waals surface area contributed by atoms with Crippen LogP contribution < -0.4 is 4.74 Å². The number of ether oxygens (including phenoxy) is 1. The van der Waals surface area contributed by atoms with Crippen molar-refractivity contribution in [2.75, 3.05) is 19.9 Å². The zero-order valence-corrected chi connectivity index (χ0v) is 11.1. The van der Waals surface area contributed by atoms with Crippen LogP contribution in [0.15, 0.2) is 18.2 Å². The minimum Gasteiger partial charge on any atom is -0.497 e. The number of benzene rings is 1. The zero-order chi connectivity index (χ0) is 12.6. The standard InChI is InChI=1S/C12H17NO3S/c1-9-12-5-4-11(16-2)8-10(12)6-7-13(9)17(3,14)15/h4-5,8-9H,6-7H2,1-3H3/t9-/m0/s1. The molecular formula is C12H17NO3S. The van der Waals surface area contributed by atoms with Gasteiger partial charge in [0, 0.05) is 12.6 Å². The second-order valence-electron chi connectivity index (χ2n) is 4.36. The monoisotopic (exact) mass is 255 g/mol. The number of hydrogen-bond donors (Lipinski definition) is 0. The molecule has 1 heterocycles. The molecular weight excluding hydrogens is 238 g/mol. The highest BCUT2D eigenvalue weighted by Gasteiger charge is 2.29. The molecule has 0 N–H and O–H groups in total. The lowest BCUT2D eigenvalue weighted by Crippen LogP contribution is -2.38. The number of nitrogens with zero attached hydrogens (tertiary/aromatic N) is 1. The van der Waals surface area contributed by atoms with Gasteiger partial charge in [-0.05, 0) is 36.6 Å². The minimum absolute atomic E-state index is 0.0975. The molecule has 1 atom stereocenters. The quantitative estimate of drug-likeness (QED) is 0.806. The first kappa shape index (κ1) is 12.4.